The smallest absolute Gasteiger partial charge is 0.0985 e. The highest BCUT2D eigenvalue weighted by atomic mass is 16.3. The summed E-state index contributed by atoms with van der Waals surface area (Å²) in [5.41, 5.74) is 0.582. The molecule has 10 atom stereocenters. The van der Waals surface area contributed by atoms with Crippen molar-refractivity contribution >= 4 is 0 Å². The molecule has 3 N–H and O–H groups in total. The lowest BCUT2D eigenvalue weighted by Crippen LogP contribution is -2.68. The average molecular weight is 447 g/mol. The molecule has 32 heavy (non-hydrogen) atoms. The summed E-state index contributed by atoms with van der Waals surface area (Å²) in [6.45, 7) is 14.1. The Kier molecular flexibility index (Phi) is 6.71. The van der Waals surface area contributed by atoms with Gasteiger partial charge < -0.3 is 15.3 Å². The third kappa shape index (κ3) is 3.64. The highest BCUT2D eigenvalue weighted by Crippen LogP contribution is 2.69. The lowest BCUT2D eigenvalue weighted by Gasteiger charge is -2.65. The van der Waals surface area contributed by atoms with E-state index in [1.54, 1.807) is 5.57 Å². The maximum atomic E-state index is 11.6. The van der Waals surface area contributed by atoms with Gasteiger partial charge in [-0.05, 0) is 106 Å². The summed E-state index contributed by atoms with van der Waals surface area (Å²) in [4.78, 5) is 0. The van der Waals surface area contributed by atoms with Gasteiger partial charge in [0.2, 0.25) is 0 Å². The molecule has 3 nitrogen and oxygen atoms in total. The number of hydrogen-bond acceptors (Lipinski definition) is 3. The van der Waals surface area contributed by atoms with Gasteiger partial charge in [0.25, 0.3) is 0 Å². The maximum Gasteiger partial charge on any atom is 0.0985 e. The summed E-state index contributed by atoms with van der Waals surface area (Å²) in [5, 5.41) is 33.2. The molecule has 4 aliphatic rings. The molecule has 0 saturated heterocycles. The van der Waals surface area contributed by atoms with E-state index in [1.807, 2.05) is 0 Å². The minimum Gasteiger partial charge on any atom is -0.393 e. The van der Waals surface area contributed by atoms with Crippen LogP contribution in [0.5, 0.6) is 0 Å². The monoisotopic (exact) mass is 446 g/mol. The van der Waals surface area contributed by atoms with Crippen molar-refractivity contribution in [2.75, 3.05) is 0 Å². The summed E-state index contributed by atoms with van der Waals surface area (Å²) in [6, 6.07) is 0. The van der Waals surface area contributed by atoms with Crippen LogP contribution in [-0.2, 0) is 0 Å². The van der Waals surface area contributed by atoms with Gasteiger partial charge in [0, 0.05) is 11.8 Å². The molecule has 4 rings (SSSR count). The minimum absolute atomic E-state index is 0.266. The van der Waals surface area contributed by atoms with E-state index in [0.717, 1.165) is 31.1 Å². The van der Waals surface area contributed by atoms with Gasteiger partial charge in [-0.1, -0.05) is 46.3 Å². The van der Waals surface area contributed by atoms with Gasteiger partial charge in [0.05, 0.1) is 17.8 Å². The maximum absolute atomic E-state index is 11.6. The first-order chi connectivity index (χ1) is 15.0. The predicted octanol–water partition coefficient (Wildman–Crippen LogP) is 6.11. The number of fused-ring (bicyclic) bond motifs is 5. The van der Waals surface area contributed by atoms with Crippen molar-refractivity contribution in [3.63, 3.8) is 0 Å². The molecule has 4 aliphatic carbocycles. The fraction of sp³-hybridized carbons (Fsp3) is 0.931. The summed E-state index contributed by atoms with van der Waals surface area (Å²) in [5.74, 6) is 3.82. The van der Waals surface area contributed by atoms with E-state index in [2.05, 4.69) is 47.6 Å². The lowest BCUT2D eigenvalue weighted by molar-refractivity contribution is -0.264. The van der Waals surface area contributed by atoms with Crippen molar-refractivity contribution < 1.29 is 15.3 Å². The average Bonchev–Trinajstić information content (AvgIpc) is 3.08. The van der Waals surface area contributed by atoms with Crippen LogP contribution in [0.25, 0.3) is 0 Å². The predicted molar refractivity (Wildman–Crippen MR) is 131 cm³/mol. The highest BCUT2D eigenvalue weighted by Gasteiger charge is 2.67. The summed E-state index contributed by atoms with van der Waals surface area (Å²) in [6.07, 6.45) is 11.4. The zero-order valence-electron chi connectivity index (χ0n) is 21.6. The molecule has 4 fully saturated rings. The second kappa shape index (κ2) is 8.68. The van der Waals surface area contributed by atoms with Crippen LogP contribution in [0, 0.1) is 46.3 Å². The van der Waals surface area contributed by atoms with Gasteiger partial charge in [0.1, 0.15) is 0 Å². The molecule has 4 saturated carbocycles. The second-order valence-electron chi connectivity index (χ2n) is 13.1. The van der Waals surface area contributed by atoms with Crippen molar-refractivity contribution in [3.05, 3.63) is 11.6 Å². The zero-order valence-corrected chi connectivity index (χ0v) is 21.6. The van der Waals surface area contributed by atoms with Crippen LogP contribution >= 0.6 is 0 Å². The Morgan fingerprint density at radius 1 is 1.00 bits per heavy atom. The number of hydrogen-bond donors (Lipinski definition) is 3. The van der Waals surface area contributed by atoms with Crippen LogP contribution < -0.4 is 0 Å². The summed E-state index contributed by atoms with van der Waals surface area (Å²) >= 11 is 0. The van der Waals surface area contributed by atoms with Crippen molar-refractivity contribution in [3.8, 4) is 0 Å². The van der Waals surface area contributed by atoms with E-state index in [0.29, 0.717) is 35.5 Å². The van der Waals surface area contributed by atoms with Gasteiger partial charge in [-0.25, -0.2) is 0 Å². The van der Waals surface area contributed by atoms with Crippen molar-refractivity contribution in [2.45, 2.75) is 124 Å². The molecule has 4 unspecified atom stereocenters. The van der Waals surface area contributed by atoms with Gasteiger partial charge in [0.15, 0.2) is 0 Å². The Balaban J connectivity index is 1.52. The standard InChI is InChI=1S/C29H50O3/c1-7-20(18(2)3)9-8-19(4)23-10-11-24-22-16-26(31)29(32)17-21(30)12-15-28(29,6)25(22)13-14-27(23,24)5/h7,18-19,21-26,30-32H,8-17H2,1-6H3/b20-7-/t19-,21+,22?,23?,24?,25?,26+,27-,28-,29+/m1/s1. The first-order valence-electron chi connectivity index (χ1n) is 13.7. The quantitative estimate of drug-likeness (QED) is 0.446. The van der Waals surface area contributed by atoms with Crippen LogP contribution in [0.4, 0.5) is 0 Å². The Morgan fingerprint density at radius 2 is 1.72 bits per heavy atom. The molecular weight excluding hydrogens is 396 g/mol. The molecule has 0 aliphatic heterocycles. The van der Waals surface area contributed by atoms with E-state index in [-0.39, 0.29) is 5.41 Å². The molecule has 184 valence electrons. The molecule has 0 aromatic rings. The number of rotatable bonds is 5. The molecular formula is C29H50O3. The molecule has 0 heterocycles. The Hall–Kier alpha value is -0.380. The molecule has 0 amide bonds. The summed E-state index contributed by atoms with van der Waals surface area (Å²) < 4.78 is 0. The normalized spacial score (nSPS) is 50.0. The van der Waals surface area contributed by atoms with Gasteiger partial charge in [-0.2, -0.15) is 0 Å². The van der Waals surface area contributed by atoms with E-state index < -0.39 is 17.8 Å². The van der Waals surface area contributed by atoms with Gasteiger partial charge in [-0.3, -0.25) is 0 Å². The molecule has 0 bridgehead atoms. The first-order valence-corrected chi connectivity index (χ1v) is 13.7. The second-order valence-corrected chi connectivity index (χ2v) is 13.1. The Labute approximate surface area is 197 Å². The largest absolute Gasteiger partial charge is 0.393 e. The Morgan fingerprint density at radius 3 is 2.38 bits per heavy atom. The van der Waals surface area contributed by atoms with Crippen molar-refractivity contribution in [1.29, 1.82) is 0 Å². The molecule has 0 spiro atoms. The SMILES string of the molecule is C/C=C(/CC[C@@H](C)C1CCC2C3C[C@H](O)[C@@]4(O)C[C@@H](O)CC[C@]4(C)C3CC[C@@]21C)C(C)C. The number of allylic oxidation sites excluding steroid dienone is 2. The fourth-order valence-corrected chi connectivity index (χ4v) is 9.60. The fourth-order valence-electron chi connectivity index (χ4n) is 9.60. The van der Waals surface area contributed by atoms with E-state index in [4.69, 9.17) is 0 Å². The van der Waals surface area contributed by atoms with Gasteiger partial charge >= 0.3 is 0 Å². The Bertz CT molecular complexity index is 715. The third-order valence-electron chi connectivity index (χ3n) is 11.6. The van der Waals surface area contributed by atoms with E-state index >= 15 is 0 Å². The van der Waals surface area contributed by atoms with Crippen LogP contribution in [-0.4, -0.2) is 33.1 Å². The number of aliphatic hydroxyl groups excluding tert-OH is 2. The van der Waals surface area contributed by atoms with Crippen molar-refractivity contribution in [1.82, 2.24) is 0 Å². The summed E-state index contributed by atoms with van der Waals surface area (Å²) in [7, 11) is 0. The molecule has 3 heteroatoms. The highest BCUT2D eigenvalue weighted by molar-refractivity contribution is 5.17. The number of aliphatic hydroxyl groups is 3. The van der Waals surface area contributed by atoms with Crippen LogP contribution in [0.15, 0.2) is 11.6 Å². The van der Waals surface area contributed by atoms with Crippen LogP contribution in [0.1, 0.15) is 106 Å². The molecule has 0 radical (unpaired) electrons. The van der Waals surface area contributed by atoms with E-state index in [9.17, 15) is 15.3 Å². The third-order valence-corrected chi connectivity index (χ3v) is 11.6. The molecule has 0 aromatic heterocycles. The topological polar surface area (TPSA) is 60.7 Å². The zero-order chi connectivity index (χ0) is 23.5. The van der Waals surface area contributed by atoms with Crippen LogP contribution in [0.2, 0.25) is 0 Å². The van der Waals surface area contributed by atoms with Crippen molar-refractivity contribution in [2.24, 2.45) is 46.3 Å². The van der Waals surface area contributed by atoms with Crippen LogP contribution in [0.3, 0.4) is 0 Å². The van der Waals surface area contributed by atoms with E-state index in [1.165, 1.54) is 38.5 Å². The first kappa shape index (κ1) is 24.7. The lowest BCUT2D eigenvalue weighted by atomic mass is 9.42. The van der Waals surface area contributed by atoms with Gasteiger partial charge in [-0.15, -0.1) is 0 Å². The minimum atomic E-state index is -1.12. The molecule has 0 aromatic carbocycles.